The Balaban J connectivity index is 0.00000180. The molecule has 4 heteroatoms. The maximum Gasteiger partial charge on any atom is 0.224 e. The second-order valence-corrected chi connectivity index (χ2v) is 6.22. The van der Waals surface area contributed by atoms with Crippen LogP contribution in [-0.2, 0) is 4.79 Å². The minimum Gasteiger partial charge on any atom is -0.353 e. The van der Waals surface area contributed by atoms with Gasteiger partial charge >= 0.3 is 0 Å². The zero-order valence-corrected chi connectivity index (χ0v) is 12.9. The molecule has 2 saturated carbocycles. The molecule has 3 nitrogen and oxygen atoms in total. The van der Waals surface area contributed by atoms with E-state index < -0.39 is 0 Å². The van der Waals surface area contributed by atoms with Crippen molar-refractivity contribution < 1.29 is 4.79 Å². The summed E-state index contributed by atoms with van der Waals surface area (Å²) in [4.78, 5) is 12.1. The predicted octanol–water partition coefficient (Wildman–Crippen LogP) is 3.01. The summed E-state index contributed by atoms with van der Waals surface area (Å²) in [6.45, 7) is 2.26. The van der Waals surface area contributed by atoms with Gasteiger partial charge in [0.1, 0.15) is 0 Å². The van der Waals surface area contributed by atoms with Crippen molar-refractivity contribution in [2.24, 2.45) is 17.6 Å². The average molecular weight is 289 g/mol. The van der Waals surface area contributed by atoms with Crippen LogP contribution in [-0.4, -0.2) is 18.0 Å². The van der Waals surface area contributed by atoms with Crippen LogP contribution >= 0.6 is 12.4 Å². The molecule has 112 valence electrons. The maximum absolute atomic E-state index is 12.1. The number of nitrogens with one attached hydrogen (secondary N) is 1. The van der Waals surface area contributed by atoms with Gasteiger partial charge in [-0.15, -0.1) is 12.4 Å². The molecule has 2 atom stereocenters. The summed E-state index contributed by atoms with van der Waals surface area (Å²) in [6.07, 6.45) is 10.7. The van der Waals surface area contributed by atoms with Crippen LogP contribution in [0.3, 0.4) is 0 Å². The van der Waals surface area contributed by atoms with Gasteiger partial charge in [-0.2, -0.15) is 0 Å². The summed E-state index contributed by atoms with van der Waals surface area (Å²) in [5.74, 6) is 1.20. The summed E-state index contributed by atoms with van der Waals surface area (Å²) in [6, 6.07) is 0.514. The van der Waals surface area contributed by atoms with Crippen LogP contribution in [0.5, 0.6) is 0 Å². The standard InChI is InChI=1S/C15H28N2O.ClH/c1-2-4-11-7-9-12(10-8-11)17-15(18)13-5-3-6-14(13)16;/h11-14H,2-10,16H2,1H3,(H,17,18);1H. The average Bonchev–Trinajstić information content (AvgIpc) is 2.78. The van der Waals surface area contributed by atoms with E-state index in [4.69, 9.17) is 5.73 Å². The lowest BCUT2D eigenvalue weighted by molar-refractivity contribution is -0.126. The van der Waals surface area contributed by atoms with Gasteiger partial charge in [0.2, 0.25) is 5.91 Å². The van der Waals surface area contributed by atoms with Gasteiger partial charge in [0, 0.05) is 12.1 Å². The zero-order valence-electron chi connectivity index (χ0n) is 12.1. The van der Waals surface area contributed by atoms with Gasteiger partial charge in [0.15, 0.2) is 0 Å². The first-order chi connectivity index (χ1) is 8.70. The van der Waals surface area contributed by atoms with E-state index in [0.717, 1.165) is 25.2 Å². The van der Waals surface area contributed by atoms with Gasteiger partial charge in [-0.1, -0.05) is 26.2 Å². The van der Waals surface area contributed by atoms with Gasteiger partial charge in [0.25, 0.3) is 0 Å². The van der Waals surface area contributed by atoms with Crippen LogP contribution in [0.1, 0.15) is 64.7 Å². The number of halogens is 1. The number of hydrogen-bond donors (Lipinski definition) is 2. The smallest absolute Gasteiger partial charge is 0.224 e. The van der Waals surface area contributed by atoms with E-state index in [1.807, 2.05) is 0 Å². The molecule has 0 saturated heterocycles. The molecular formula is C15H29ClN2O. The molecule has 1 amide bonds. The first kappa shape index (κ1) is 16.8. The van der Waals surface area contributed by atoms with Crippen molar-refractivity contribution in [1.82, 2.24) is 5.32 Å². The van der Waals surface area contributed by atoms with E-state index in [-0.39, 0.29) is 30.3 Å². The number of carbonyl (C=O) groups is 1. The van der Waals surface area contributed by atoms with Crippen LogP contribution in [0.4, 0.5) is 0 Å². The van der Waals surface area contributed by atoms with Crippen molar-refractivity contribution in [2.45, 2.75) is 76.8 Å². The summed E-state index contributed by atoms with van der Waals surface area (Å²) >= 11 is 0. The molecule has 0 aliphatic heterocycles. The third-order valence-electron chi connectivity index (χ3n) is 4.80. The molecule has 19 heavy (non-hydrogen) atoms. The fourth-order valence-electron chi connectivity index (χ4n) is 3.63. The van der Waals surface area contributed by atoms with Crippen LogP contribution in [0.15, 0.2) is 0 Å². The molecule has 2 aliphatic rings. The third-order valence-corrected chi connectivity index (χ3v) is 4.80. The summed E-state index contributed by atoms with van der Waals surface area (Å²) < 4.78 is 0. The maximum atomic E-state index is 12.1. The molecule has 0 heterocycles. The highest BCUT2D eigenvalue weighted by atomic mass is 35.5. The molecule has 0 aromatic rings. The second kappa shape index (κ2) is 8.11. The van der Waals surface area contributed by atoms with Crippen molar-refractivity contribution in [1.29, 1.82) is 0 Å². The topological polar surface area (TPSA) is 55.1 Å². The quantitative estimate of drug-likeness (QED) is 0.835. The summed E-state index contributed by atoms with van der Waals surface area (Å²) in [5.41, 5.74) is 5.99. The second-order valence-electron chi connectivity index (χ2n) is 6.22. The van der Waals surface area contributed by atoms with E-state index in [2.05, 4.69) is 12.2 Å². The molecule has 2 rings (SSSR count). The number of nitrogens with two attached hydrogens (primary N) is 1. The molecule has 2 aliphatic carbocycles. The van der Waals surface area contributed by atoms with E-state index in [0.29, 0.717) is 6.04 Å². The zero-order chi connectivity index (χ0) is 13.0. The van der Waals surface area contributed by atoms with E-state index in [1.54, 1.807) is 0 Å². The van der Waals surface area contributed by atoms with E-state index in [1.165, 1.54) is 38.5 Å². The van der Waals surface area contributed by atoms with Crippen molar-refractivity contribution in [3.8, 4) is 0 Å². The number of carbonyl (C=O) groups excluding carboxylic acids is 1. The molecule has 0 bridgehead atoms. The molecule has 2 unspecified atom stereocenters. The highest BCUT2D eigenvalue weighted by Crippen LogP contribution is 2.29. The minimum absolute atomic E-state index is 0. The van der Waals surface area contributed by atoms with Crippen LogP contribution in [0, 0.1) is 11.8 Å². The number of amides is 1. The van der Waals surface area contributed by atoms with Crippen LogP contribution in [0.2, 0.25) is 0 Å². The Labute approximate surface area is 123 Å². The SMILES string of the molecule is CCCC1CCC(NC(=O)C2CCCC2N)CC1.Cl. The minimum atomic E-state index is 0. The van der Waals surface area contributed by atoms with Gasteiger partial charge in [-0.3, -0.25) is 4.79 Å². The number of rotatable bonds is 4. The lowest BCUT2D eigenvalue weighted by Gasteiger charge is -2.30. The van der Waals surface area contributed by atoms with Gasteiger partial charge < -0.3 is 11.1 Å². The third kappa shape index (κ3) is 4.64. The Hall–Kier alpha value is -0.280. The van der Waals surface area contributed by atoms with Crippen LogP contribution in [0.25, 0.3) is 0 Å². The molecule has 0 radical (unpaired) electrons. The normalized spacial score (nSPS) is 34.6. The lowest BCUT2D eigenvalue weighted by atomic mass is 9.83. The molecule has 2 fully saturated rings. The van der Waals surface area contributed by atoms with Gasteiger partial charge in [-0.25, -0.2) is 0 Å². The van der Waals surface area contributed by atoms with Crippen molar-refractivity contribution in [3.05, 3.63) is 0 Å². The van der Waals surface area contributed by atoms with Crippen molar-refractivity contribution in [2.75, 3.05) is 0 Å². The summed E-state index contributed by atoms with van der Waals surface area (Å²) in [7, 11) is 0. The van der Waals surface area contributed by atoms with Crippen molar-refractivity contribution >= 4 is 18.3 Å². The number of hydrogen-bond acceptors (Lipinski definition) is 2. The largest absolute Gasteiger partial charge is 0.353 e. The monoisotopic (exact) mass is 288 g/mol. The molecular weight excluding hydrogens is 260 g/mol. The lowest BCUT2D eigenvalue weighted by Crippen LogP contribution is -2.44. The van der Waals surface area contributed by atoms with Gasteiger partial charge in [-0.05, 0) is 44.4 Å². The fraction of sp³-hybridized carbons (Fsp3) is 0.933. The predicted molar refractivity (Wildman–Crippen MR) is 81.4 cm³/mol. The Morgan fingerprint density at radius 3 is 2.37 bits per heavy atom. The molecule has 0 aromatic heterocycles. The van der Waals surface area contributed by atoms with Crippen LogP contribution < -0.4 is 11.1 Å². The van der Waals surface area contributed by atoms with E-state index in [9.17, 15) is 4.79 Å². The van der Waals surface area contributed by atoms with E-state index >= 15 is 0 Å². The Bertz CT molecular complexity index is 277. The Kier molecular flexibility index (Phi) is 7.16. The first-order valence-electron chi connectivity index (χ1n) is 7.76. The first-order valence-corrected chi connectivity index (χ1v) is 7.76. The highest BCUT2D eigenvalue weighted by Gasteiger charge is 2.32. The molecule has 0 spiro atoms. The fourth-order valence-corrected chi connectivity index (χ4v) is 3.63. The van der Waals surface area contributed by atoms with Crippen molar-refractivity contribution in [3.63, 3.8) is 0 Å². The highest BCUT2D eigenvalue weighted by molar-refractivity contribution is 5.85. The Morgan fingerprint density at radius 2 is 1.84 bits per heavy atom. The summed E-state index contributed by atoms with van der Waals surface area (Å²) in [5, 5.41) is 3.23. The molecule has 0 aromatic carbocycles. The molecule has 3 N–H and O–H groups in total. The Morgan fingerprint density at radius 1 is 1.16 bits per heavy atom. The van der Waals surface area contributed by atoms with Gasteiger partial charge in [0.05, 0.1) is 5.92 Å².